The molecule has 0 saturated heterocycles. The molecule has 0 atom stereocenters. The number of rotatable bonds is 3. The normalized spacial score (nSPS) is 11.1. The Morgan fingerprint density at radius 1 is 1.08 bits per heavy atom. The predicted molar refractivity (Wildman–Crippen MR) is 93.9 cm³/mol. The second kappa shape index (κ2) is 5.79. The zero-order valence-electron chi connectivity index (χ0n) is 13.0. The van der Waals surface area contributed by atoms with Crippen LogP contribution in [0.1, 0.15) is 5.56 Å². The minimum absolute atomic E-state index is 0.431. The van der Waals surface area contributed by atoms with Crippen LogP contribution in [0.2, 0.25) is 0 Å². The molecule has 2 aromatic carbocycles. The van der Waals surface area contributed by atoms with Gasteiger partial charge in [0.25, 0.3) is 5.89 Å². The highest BCUT2D eigenvalue weighted by Crippen LogP contribution is 2.34. The molecule has 120 valence electrons. The molecule has 4 rings (SSSR count). The van der Waals surface area contributed by atoms with Crippen molar-refractivity contribution in [3.63, 3.8) is 0 Å². The van der Waals surface area contributed by atoms with Gasteiger partial charge in [-0.15, -0.1) is 0 Å². The van der Waals surface area contributed by atoms with Crippen molar-refractivity contribution < 1.29 is 13.7 Å². The van der Waals surface area contributed by atoms with Crippen molar-refractivity contribution in [2.75, 3.05) is 7.11 Å². The van der Waals surface area contributed by atoms with E-state index in [1.165, 1.54) is 0 Å². The Hall–Kier alpha value is -2.60. The molecule has 0 N–H and O–H groups in total. The standard InChI is InChI=1S/C18H13BrN2O3/c1-10-14-9-13(22-2)7-8-15(14)23-16(10)17-20-18(24-21-17)11-3-5-12(19)6-4-11/h3-9H,1-2H3. The van der Waals surface area contributed by atoms with Crippen LogP contribution in [-0.2, 0) is 0 Å². The molecule has 0 aliphatic heterocycles. The molecule has 0 aliphatic carbocycles. The molecule has 6 heteroatoms. The zero-order valence-corrected chi connectivity index (χ0v) is 14.6. The Morgan fingerprint density at radius 2 is 1.88 bits per heavy atom. The summed E-state index contributed by atoms with van der Waals surface area (Å²) in [4.78, 5) is 4.46. The van der Waals surface area contributed by atoms with Crippen LogP contribution in [0.5, 0.6) is 5.75 Å². The molecule has 0 saturated carbocycles. The molecule has 24 heavy (non-hydrogen) atoms. The number of nitrogens with zero attached hydrogens (tertiary/aromatic N) is 2. The van der Waals surface area contributed by atoms with Crippen LogP contribution >= 0.6 is 15.9 Å². The number of furan rings is 1. The van der Waals surface area contributed by atoms with E-state index >= 15 is 0 Å². The quantitative estimate of drug-likeness (QED) is 0.483. The number of hydrogen-bond acceptors (Lipinski definition) is 5. The summed E-state index contributed by atoms with van der Waals surface area (Å²) in [7, 11) is 1.64. The molecule has 5 nitrogen and oxygen atoms in total. The van der Waals surface area contributed by atoms with E-state index in [9.17, 15) is 0 Å². The van der Waals surface area contributed by atoms with Crippen LogP contribution in [0.4, 0.5) is 0 Å². The van der Waals surface area contributed by atoms with E-state index in [2.05, 4.69) is 26.1 Å². The molecule has 0 spiro atoms. The van der Waals surface area contributed by atoms with E-state index < -0.39 is 0 Å². The van der Waals surface area contributed by atoms with Gasteiger partial charge in [-0.2, -0.15) is 4.98 Å². The fraction of sp³-hybridized carbons (Fsp3) is 0.111. The van der Waals surface area contributed by atoms with Crippen molar-refractivity contribution in [2.24, 2.45) is 0 Å². The lowest BCUT2D eigenvalue weighted by atomic mass is 10.1. The van der Waals surface area contributed by atoms with Crippen molar-refractivity contribution in [1.82, 2.24) is 10.1 Å². The first kappa shape index (κ1) is 15.0. The van der Waals surface area contributed by atoms with Gasteiger partial charge in [-0.1, -0.05) is 21.1 Å². The molecule has 0 amide bonds. The van der Waals surface area contributed by atoms with E-state index in [-0.39, 0.29) is 0 Å². The summed E-state index contributed by atoms with van der Waals surface area (Å²) in [5.74, 6) is 2.27. The van der Waals surface area contributed by atoms with E-state index in [0.717, 1.165) is 32.3 Å². The van der Waals surface area contributed by atoms with E-state index in [1.54, 1.807) is 7.11 Å². The largest absolute Gasteiger partial charge is 0.497 e. The highest BCUT2D eigenvalue weighted by molar-refractivity contribution is 9.10. The first-order valence-corrected chi connectivity index (χ1v) is 8.12. The maximum Gasteiger partial charge on any atom is 0.258 e. The molecule has 4 aromatic rings. The van der Waals surface area contributed by atoms with Crippen molar-refractivity contribution in [1.29, 1.82) is 0 Å². The van der Waals surface area contributed by atoms with Gasteiger partial charge in [0.2, 0.25) is 5.82 Å². The molecule has 0 fully saturated rings. The average molecular weight is 385 g/mol. The lowest BCUT2D eigenvalue weighted by Gasteiger charge is -1.97. The Balaban J connectivity index is 1.78. The lowest BCUT2D eigenvalue weighted by Crippen LogP contribution is -1.82. The number of hydrogen-bond donors (Lipinski definition) is 0. The smallest absolute Gasteiger partial charge is 0.258 e. The highest BCUT2D eigenvalue weighted by Gasteiger charge is 2.19. The van der Waals surface area contributed by atoms with E-state index in [4.69, 9.17) is 13.7 Å². The molecule has 0 radical (unpaired) electrons. The summed E-state index contributed by atoms with van der Waals surface area (Å²) in [6, 6.07) is 13.4. The minimum atomic E-state index is 0.431. The third-order valence-corrected chi connectivity index (χ3v) is 4.39. The molecule has 0 unspecified atom stereocenters. The van der Waals surface area contributed by atoms with E-state index in [1.807, 2.05) is 49.4 Å². The lowest BCUT2D eigenvalue weighted by molar-refractivity contribution is 0.415. The van der Waals surface area contributed by atoms with Gasteiger partial charge in [0, 0.05) is 21.0 Å². The van der Waals surface area contributed by atoms with E-state index in [0.29, 0.717) is 17.5 Å². The molecular formula is C18H13BrN2O3. The summed E-state index contributed by atoms with van der Waals surface area (Å²) >= 11 is 3.41. The summed E-state index contributed by atoms with van der Waals surface area (Å²) < 4.78 is 17.5. The van der Waals surface area contributed by atoms with Gasteiger partial charge < -0.3 is 13.7 Å². The monoisotopic (exact) mass is 384 g/mol. The van der Waals surface area contributed by atoms with Crippen LogP contribution in [0.25, 0.3) is 34.0 Å². The fourth-order valence-corrected chi connectivity index (χ4v) is 2.83. The maximum atomic E-state index is 5.90. The minimum Gasteiger partial charge on any atom is -0.497 e. The average Bonchev–Trinajstić information content (AvgIpc) is 3.20. The Bertz CT molecular complexity index is 1020. The molecule has 2 aromatic heterocycles. The Morgan fingerprint density at radius 3 is 2.62 bits per heavy atom. The SMILES string of the molecule is COc1ccc2oc(-c3noc(-c4ccc(Br)cc4)n3)c(C)c2c1. The van der Waals surface area contributed by atoms with Crippen LogP contribution in [0.15, 0.2) is 55.9 Å². The number of methoxy groups -OCH3 is 1. The van der Waals surface area contributed by atoms with Crippen LogP contribution in [0.3, 0.4) is 0 Å². The fourth-order valence-electron chi connectivity index (χ4n) is 2.57. The molecule has 0 aliphatic rings. The van der Waals surface area contributed by atoms with Crippen molar-refractivity contribution >= 4 is 26.9 Å². The van der Waals surface area contributed by atoms with Crippen molar-refractivity contribution in [2.45, 2.75) is 6.92 Å². The number of halogens is 1. The van der Waals surface area contributed by atoms with Gasteiger partial charge >= 0.3 is 0 Å². The molecule has 0 bridgehead atoms. The van der Waals surface area contributed by atoms with Gasteiger partial charge in [0.05, 0.1) is 7.11 Å². The second-order valence-electron chi connectivity index (χ2n) is 5.35. The van der Waals surface area contributed by atoms with Gasteiger partial charge in [-0.25, -0.2) is 0 Å². The van der Waals surface area contributed by atoms with Crippen LogP contribution < -0.4 is 4.74 Å². The highest BCUT2D eigenvalue weighted by atomic mass is 79.9. The number of ether oxygens (including phenoxy) is 1. The number of aromatic nitrogens is 2. The first-order chi connectivity index (χ1) is 11.7. The van der Waals surface area contributed by atoms with Gasteiger partial charge in [0.1, 0.15) is 11.3 Å². The summed E-state index contributed by atoms with van der Waals surface area (Å²) in [5, 5.41) is 5.03. The van der Waals surface area contributed by atoms with Gasteiger partial charge in [-0.3, -0.25) is 0 Å². The summed E-state index contributed by atoms with van der Waals surface area (Å²) in [6.45, 7) is 1.97. The van der Waals surface area contributed by atoms with Crippen molar-refractivity contribution in [3.05, 3.63) is 52.5 Å². The van der Waals surface area contributed by atoms with Gasteiger partial charge in [-0.05, 0) is 49.4 Å². The van der Waals surface area contributed by atoms with Crippen LogP contribution in [0, 0.1) is 6.92 Å². The maximum absolute atomic E-state index is 5.90. The Labute approximate surface area is 146 Å². The summed E-state index contributed by atoms with van der Waals surface area (Å²) in [5.41, 5.74) is 2.57. The second-order valence-corrected chi connectivity index (χ2v) is 6.26. The number of aryl methyl sites for hydroxylation is 1. The number of fused-ring (bicyclic) bond motifs is 1. The number of benzene rings is 2. The van der Waals surface area contributed by atoms with Crippen LogP contribution in [-0.4, -0.2) is 17.3 Å². The molecular weight excluding hydrogens is 372 g/mol. The zero-order chi connectivity index (χ0) is 16.7. The molecule has 2 heterocycles. The third-order valence-electron chi connectivity index (χ3n) is 3.86. The topological polar surface area (TPSA) is 61.3 Å². The predicted octanol–water partition coefficient (Wildman–Crippen LogP) is 5.23. The van der Waals surface area contributed by atoms with Crippen molar-refractivity contribution in [3.8, 4) is 28.8 Å². The Kier molecular flexibility index (Phi) is 3.61. The first-order valence-electron chi connectivity index (χ1n) is 7.33. The van der Waals surface area contributed by atoms with Gasteiger partial charge in [0.15, 0.2) is 5.76 Å². The summed E-state index contributed by atoms with van der Waals surface area (Å²) in [6.07, 6.45) is 0. The third kappa shape index (κ3) is 2.49.